The van der Waals surface area contributed by atoms with E-state index in [0.717, 1.165) is 81.1 Å². The minimum absolute atomic E-state index is 0. The summed E-state index contributed by atoms with van der Waals surface area (Å²) in [5.41, 5.74) is 10.5. The van der Waals surface area contributed by atoms with E-state index in [1.807, 2.05) is 50.5 Å². The molecule has 0 saturated heterocycles. The summed E-state index contributed by atoms with van der Waals surface area (Å²) in [6.07, 6.45) is 2.01. The van der Waals surface area contributed by atoms with Gasteiger partial charge in [-0.25, -0.2) is 28.5 Å². The van der Waals surface area contributed by atoms with E-state index in [4.69, 9.17) is 5.10 Å². The summed E-state index contributed by atoms with van der Waals surface area (Å²) >= 11 is 7.08. The highest BCUT2D eigenvalue weighted by Crippen LogP contribution is 2.48. The summed E-state index contributed by atoms with van der Waals surface area (Å²) in [4.78, 5) is 32.3. The van der Waals surface area contributed by atoms with Crippen LogP contribution in [0.5, 0.6) is 0 Å². The predicted molar refractivity (Wildman–Crippen MR) is 206 cm³/mol. The number of benzene rings is 4. The van der Waals surface area contributed by atoms with Crippen LogP contribution in [0.2, 0.25) is 0 Å². The van der Waals surface area contributed by atoms with E-state index in [9.17, 15) is 9.59 Å². The molecule has 10 rings (SSSR count). The fourth-order valence-electron chi connectivity index (χ4n) is 7.50. The van der Waals surface area contributed by atoms with Crippen LogP contribution in [0.3, 0.4) is 0 Å². The Hall–Kier alpha value is -4.43. The Morgan fingerprint density at radius 3 is 1.88 bits per heavy atom. The first kappa shape index (κ1) is 32.8. The monoisotopic (exact) mass is 815 g/mol. The first-order valence-electron chi connectivity index (χ1n) is 16.2. The van der Waals surface area contributed by atoms with Crippen LogP contribution in [0.1, 0.15) is 11.1 Å². The fourth-order valence-corrected chi connectivity index (χ4v) is 8.20. The lowest BCUT2D eigenvalue weighted by molar-refractivity contribution is 0.369. The quantitative estimate of drug-likeness (QED) is 0.219. The highest BCUT2D eigenvalue weighted by molar-refractivity contribution is 9.10. The summed E-state index contributed by atoms with van der Waals surface area (Å²) in [6, 6.07) is 24.7. The van der Waals surface area contributed by atoms with E-state index in [-0.39, 0.29) is 23.8 Å². The lowest BCUT2D eigenvalue weighted by atomic mass is 10.1. The number of nitrogens with zero attached hydrogens (tertiary/aromatic N) is 8. The van der Waals surface area contributed by atoms with Crippen LogP contribution < -0.4 is 21.2 Å². The first-order valence-corrected chi connectivity index (χ1v) is 17.8. The van der Waals surface area contributed by atoms with Crippen molar-refractivity contribution in [1.82, 2.24) is 34.0 Å². The second kappa shape index (κ2) is 12.4. The van der Waals surface area contributed by atoms with Crippen molar-refractivity contribution in [3.8, 4) is 34.2 Å². The van der Waals surface area contributed by atoms with Gasteiger partial charge >= 0.3 is 11.4 Å². The van der Waals surface area contributed by atoms with Gasteiger partial charge in [-0.1, -0.05) is 56.1 Å². The molecule has 4 aliphatic rings. The summed E-state index contributed by atoms with van der Waals surface area (Å²) in [6.45, 7) is 3.17. The van der Waals surface area contributed by atoms with Crippen LogP contribution in [-0.2, 0) is 19.4 Å². The zero-order chi connectivity index (χ0) is 33.6. The number of hydrogen-bond acceptors (Lipinski definition) is 7. The Kier molecular flexibility index (Phi) is 8.13. The molecule has 0 unspecified atom stereocenters. The van der Waals surface area contributed by atoms with Crippen LogP contribution in [0.4, 0.5) is 22.7 Å². The average Bonchev–Trinajstić information content (AvgIpc) is 3.85. The van der Waals surface area contributed by atoms with E-state index in [0.29, 0.717) is 12.4 Å². The van der Waals surface area contributed by atoms with Gasteiger partial charge in [0, 0.05) is 39.7 Å². The fraction of sp³-hybridized carbons (Fsp3) is 0.222. The number of aromatic amines is 1. The van der Waals surface area contributed by atoms with Crippen molar-refractivity contribution in [2.45, 2.75) is 19.4 Å². The minimum Gasteiger partial charge on any atom is -0.339 e. The first-order chi connectivity index (χ1) is 23.8. The standard InChI is InChI=1S/C20H20BrN5O.C16H11BrN4O.ClH/c1-23(2)10-11-25-20(27)26-17-12-14(21)6-7-16(17)24-9-8-13-4-3-5-15(18(13)24)19(26)22-25;17-10-4-5-12-13(8-10)21-15(18-19-16(21)22)11-3-1-2-9-6-7-20(12)14(9)11;/h3-7,12H,8-11H2,1-2H3;1-5,8H,6-7H2,(H,19,22);1H. The zero-order valence-corrected chi connectivity index (χ0v) is 31.2. The SMILES string of the molecule is CN(C)CCn1nc2n(c1=O)-c1cc(Br)ccc1N1CCc3cccc-2c31.Cl.O=c1[nH]nc2n1-c1cc(Br)ccc1N1CCc3cccc-2c31. The van der Waals surface area contributed by atoms with E-state index < -0.39 is 0 Å². The molecule has 254 valence electrons. The Morgan fingerprint density at radius 2 is 1.30 bits per heavy atom. The summed E-state index contributed by atoms with van der Waals surface area (Å²) in [7, 11) is 4.00. The van der Waals surface area contributed by atoms with Crippen molar-refractivity contribution in [2.24, 2.45) is 0 Å². The zero-order valence-electron chi connectivity index (χ0n) is 27.2. The number of nitrogens with one attached hydrogen (secondary N) is 1. The number of likely N-dealkylation sites (N-methyl/N-ethyl adjacent to an activating group) is 1. The number of fused-ring (bicyclic) bond motifs is 10. The summed E-state index contributed by atoms with van der Waals surface area (Å²) in [5.74, 6) is 1.39. The number of H-pyrrole nitrogens is 1. The largest absolute Gasteiger partial charge is 0.350 e. The third-order valence-corrected chi connectivity index (χ3v) is 10.7. The van der Waals surface area contributed by atoms with Crippen molar-refractivity contribution in [3.05, 3.63) is 114 Å². The molecule has 4 aromatic carbocycles. The smallest absolute Gasteiger partial charge is 0.339 e. The van der Waals surface area contributed by atoms with Gasteiger partial charge in [-0.05, 0) is 86.6 Å². The Balaban J connectivity index is 0.000000144. The van der Waals surface area contributed by atoms with Crippen LogP contribution in [0, 0.1) is 0 Å². The van der Waals surface area contributed by atoms with Crippen LogP contribution in [0.25, 0.3) is 34.2 Å². The maximum Gasteiger partial charge on any atom is 0.350 e. The third-order valence-electron chi connectivity index (χ3n) is 9.68. The molecule has 0 radical (unpaired) electrons. The molecule has 0 saturated carbocycles. The van der Waals surface area contributed by atoms with Gasteiger partial charge in [-0.15, -0.1) is 17.5 Å². The molecular formula is C36H32Br2ClN9O2. The Labute approximate surface area is 310 Å². The van der Waals surface area contributed by atoms with Crippen molar-refractivity contribution < 1.29 is 0 Å². The molecule has 0 amide bonds. The molecule has 1 N–H and O–H groups in total. The van der Waals surface area contributed by atoms with Gasteiger partial charge in [0.2, 0.25) is 0 Å². The van der Waals surface area contributed by atoms with Crippen LogP contribution >= 0.6 is 44.3 Å². The number of hydrogen-bond donors (Lipinski definition) is 1. The van der Waals surface area contributed by atoms with Crippen molar-refractivity contribution in [1.29, 1.82) is 0 Å². The van der Waals surface area contributed by atoms with Gasteiger partial charge in [0.05, 0.1) is 40.7 Å². The number of aromatic nitrogens is 6. The van der Waals surface area contributed by atoms with Gasteiger partial charge in [0.15, 0.2) is 11.6 Å². The molecule has 0 fully saturated rings. The second-order valence-electron chi connectivity index (χ2n) is 12.9. The van der Waals surface area contributed by atoms with Gasteiger partial charge in [0.1, 0.15) is 0 Å². The maximum atomic E-state index is 13.3. The lowest BCUT2D eigenvalue weighted by Gasteiger charge is -2.21. The molecular weight excluding hydrogens is 786 g/mol. The number of anilines is 4. The van der Waals surface area contributed by atoms with Gasteiger partial charge in [-0.3, -0.25) is 0 Å². The van der Waals surface area contributed by atoms with Crippen LogP contribution in [-0.4, -0.2) is 67.7 Å². The highest BCUT2D eigenvalue weighted by Gasteiger charge is 2.34. The van der Waals surface area contributed by atoms with E-state index in [1.54, 1.807) is 13.8 Å². The highest BCUT2D eigenvalue weighted by atomic mass is 79.9. The second-order valence-corrected chi connectivity index (χ2v) is 14.7. The number of halogens is 3. The normalized spacial score (nSPS) is 13.9. The molecule has 14 heteroatoms. The lowest BCUT2D eigenvalue weighted by Crippen LogP contribution is -2.29. The molecule has 50 heavy (non-hydrogen) atoms. The number of para-hydroxylation sites is 2. The molecule has 0 aliphatic carbocycles. The molecule has 4 aliphatic heterocycles. The van der Waals surface area contributed by atoms with Crippen molar-refractivity contribution in [2.75, 3.05) is 43.5 Å². The average molecular weight is 818 g/mol. The Morgan fingerprint density at radius 1 is 0.740 bits per heavy atom. The predicted octanol–water partition coefficient (Wildman–Crippen LogP) is 6.45. The molecule has 2 aromatic heterocycles. The topological polar surface area (TPSA) is 100 Å². The molecule has 0 spiro atoms. The van der Waals surface area contributed by atoms with E-state index in [2.05, 4.69) is 93.2 Å². The van der Waals surface area contributed by atoms with E-state index >= 15 is 0 Å². The molecule has 6 aromatic rings. The van der Waals surface area contributed by atoms with Crippen molar-refractivity contribution in [3.63, 3.8) is 0 Å². The third kappa shape index (κ3) is 5.01. The van der Waals surface area contributed by atoms with Crippen molar-refractivity contribution >= 4 is 67.0 Å². The minimum atomic E-state index is -0.215. The van der Waals surface area contributed by atoms with Gasteiger partial charge < -0.3 is 14.7 Å². The summed E-state index contributed by atoms with van der Waals surface area (Å²) in [5, 5.41) is 11.6. The summed E-state index contributed by atoms with van der Waals surface area (Å²) < 4.78 is 6.91. The van der Waals surface area contributed by atoms with Gasteiger partial charge in [0.25, 0.3) is 0 Å². The Bertz CT molecular complexity index is 2450. The van der Waals surface area contributed by atoms with Crippen LogP contribution in [0.15, 0.2) is 91.3 Å². The molecule has 0 atom stereocenters. The van der Waals surface area contributed by atoms with E-state index in [1.165, 1.54) is 22.5 Å². The van der Waals surface area contributed by atoms with Gasteiger partial charge in [-0.2, -0.15) is 5.10 Å². The number of rotatable bonds is 3. The molecule has 6 heterocycles. The molecule has 0 bridgehead atoms. The molecule has 11 nitrogen and oxygen atoms in total. The maximum absolute atomic E-state index is 13.3.